The minimum absolute atomic E-state index is 0.204. The van der Waals surface area contributed by atoms with E-state index in [0.717, 1.165) is 30.4 Å². The fourth-order valence-electron chi connectivity index (χ4n) is 2.22. The topological polar surface area (TPSA) is 55.4 Å². The first-order chi connectivity index (χ1) is 9.02. The average molecular weight is 279 g/mol. The van der Waals surface area contributed by atoms with Crippen molar-refractivity contribution in [3.63, 3.8) is 0 Å². The molecular formula is C14H17NO3S. The number of allylic oxidation sites excluding steroid dienone is 1. The second-order valence-corrected chi connectivity index (χ2v) is 5.87. The van der Waals surface area contributed by atoms with E-state index in [9.17, 15) is 9.59 Å². The van der Waals surface area contributed by atoms with Crippen molar-refractivity contribution in [3.8, 4) is 0 Å². The summed E-state index contributed by atoms with van der Waals surface area (Å²) in [6.07, 6.45) is 4.44. The first-order valence-corrected chi connectivity index (χ1v) is 7.03. The standard InChI is InChI=1S/C14H17NO3S/c1-8(2)7-11(16)15-13-12(14(17)18-3)9-5-4-6-10(9)19-13/h7H,4-6H2,1-3H3,(H,15,16). The number of ether oxygens (including phenoxy) is 1. The molecule has 0 spiro atoms. The van der Waals surface area contributed by atoms with Crippen LogP contribution in [0.1, 0.15) is 41.1 Å². The van der Waals surface area contributed by atoms with Gasteiger partial charge in [0.2, 0.25) is 5.91 Å². The monoisotopic (exact) mass is 279 g/mol. The fraction of sp³-hybridized carbons (Fsp3) is 0.429. The molecule has 4 nitrogen and oxygen atoms in total. The average Bonchev–Trinajstić information content (AvgIpc) is 2.86. The van der Waals surface area contributed by atoms with Crippen LogP contribution in [-0.4, -0.2) is 19.0 Å². The van der Waals surface area contributed by atoms with Crippen molar-refractivity contribution in [2.45, 2.75) is 33.1 Å². The molecule has 0 saturated heterocycles. The molecular weight excluding hydrogens is 262 g/mol. The maximum absolute atomic E-state index is 11.9. The summed E-state index contributed by atoms with van der Waals surface area (Å²) in [4.78, 5) is 24.8. The zero-order valence-corrected chi connectivity index (χ0v) is 12.1. The zero-order valence-electron chi connectivity index (χ0n) is 11.3. The van der Waals surface area contributed by atoms with Crippen LogP contribution in [0, 0.1) is 0 Å². The molecule has 0 radical (unpaired) electrons. The Morgan fingerprint density at radius 3 is 2.68 bits per heavy atom. The van der Waals surface area contributed by atoms with Gasteiger partial charge >= 0.3 is 5.97 Å². The Morgan fingerprint density at radius 2 is 2.05 bits per heavy atom. The summed E-state index contributed by atoms with van der Waals surface area (Å²) in [6, 6.07) is 0. The Morgan fingerprint density at radius 1 is 1.32 bits per heavy atom. The van der Waals surface area contributed by atoms with E-state index < -0.39 is 0 Å². The number of carbonyl (C=O) groups excluding carboxylic acids is 2. The molecule has 1 aromatic heterocycles. The van der Waals surface area contributed by atoms with E-state index in [4.69, 9.17) is 4.74 Å². The summed E-state index contributed by atoms with van der Waals surface area (Å²) in [5.41, 5.74) is 2.50. The molecule has 1 aliphatic rings. The molecule has 1 amide bonds. The lowest BCUT2D eigenvalue weighted by atomic mass is 10.1. The predicted molar refractivity (Wildman–Crippen MR) is 75.7 cm³/mol. The normalized spacial score (nSPS) is 12.8. The third-order valence-corrected chi connectivity index (χ3v) is 4.17. The van der Waals surface area contributed by atoms with Gasteiger partial charge in [-0.15, -0.1) is 11.3 Å². The largest absolute Gasteiger partial charge is 0.465 e. The van der Waals surface area contributed by atoms with Crippen molar-refractivity contribution in [3.05, 3.63) is 27.7 Å². The molecule has 1 N–H and O–H groups in total. The van der Waals surface area contributed by atoms with Crippen LogP contribution in [0.25, 0.3) is 0 Å². The number of rotatable bonds is 3. The van der Waals surface area contributed by atoms with E-state index in [0.29, 0.717) is 10.6 Å². The molecule has 1 heterocycles. The van der Waals surface area contributed by atoms with E-state index in [-0.39, 0.29) is 11.9 Å². The third kappa shape index (κ3) is 2.87. The maximum Gasteiger partial charge on any atom is 0.341 e. The van der Waals surface area contributed by atoms with Gasteiger partial charge in [-0.2, -0.15) is 0 Å². The van der Waals surface area contributed by atoms with Gasteiger partial charge in [-0.1, -0.05) is 5.57 Å². The van der Waals surface area contributed by atoms with Crippen molar-refractivity contribution < 1.29 is 14.3 Å². The Hall–Kier alpha value is -1.62. The van der Waals surface area contributed by atoms with Crippen LogP contribution < -0.4 is 5.32 Å². The number of amides is 1. The predicted octanol–water partition coefficient (Wildman–Crippen LogP) is 2.93. The molecule has 0 saturated carbocycles. The number of hydrogen-bond acceptors (Lipinski definition) is 4. The van der Waals surface area contributed by atoms with E-state index in [1.165, 1.54) is 29.4 Å². The van der Waals surface area contributed by atoms with Gasteiger partial charge in [-0.3, -0.25) is 4.79 Å². The molecule has 102 valence electrons. The quantitative estimate of drug-likeness (QED) is 0.683. The van der Waals surface area contributed by atoms with Crippen LogP contribution >= 0.6 is 11.3 Å². The molecule has 0 bridgehead atoms. The molecule has 0 aromatic carbocycles. The van der Waals surface area contributed by atoms with Crippen molar-refractivity contribution in [2.24, 2.45) is 0 Å². The molecule has 19 heavy (non-hydrogen) atoms. The smallest absolute Gasteiger partial charge is 0.341 e. The number of methoxy groups -OCH3 is 1. The van der Waals surface area contributed by atoms with Gasteiger partial charge in [0.15, 0.2) is 0 Å². The van der Waals surface area contributed by atoms with Gasteiger partial charge in [0.05, 0.1) is 12.7 Å². The fourth-order valence-corrected chi connectivity index (χ4v) is 3.50. The first kappa shape index (κ1) is 13.8. The number of nitrogens with one attached hydrogen (secondary N) is 1. The highest BCUT2D eigenvalue weighted by Gasteiger charge is 2.27. The van der Waals surface area contributed by atoms with Crippen molar-refractivity contribution in [2.75, 3.05) is 12.4 Å². The number of esters is 1. The van der Waals surface area contributed by atoms with Crippen LogP contribution in [0.5, 0.6) is 0 Å². The first-order valence-electron chi connectivity index (χ1n) is 6.21. The highest BCUT2D eigenvalue weighted by Crippen LogP contribution is 2.39. The molecule has 2 rings (SSSR count). The third-order valence-electron chi connectivity index (χ3n) is 2.97. The van der Waals surface area contributed by atoms with E-state index >= 15 is 0 Å². The SMILES string of the molecule is COC(=O)c1c(NC(=O)C=C(C)C)sc2c1CCC2. The van der Waals surface area contributed by atoms with E-state index in [1.54, 1.807) is 0 Å². The van der Waals surface area contributed by atoms with Crippen molar-refractivity contribution in [1.82, 2.24) is 0 Å². The molecule has 0 aliphatic heterocycles. The van der Waals surface area contributed by atoms with Gasteiger partial charge in [0, 0.05) is 11.0 Å². The summed E-state index contributed by atoms with van der Waals surface area (Å²) in [5.74, 6) is -0.572. The molecule has 0 unspecified atom stereocenters. The Kier molecular flexibility index (Phi) is 4.04. The second kappa shape index (κ2) is 5.57. The highest BCUT2D eigenvalue weighted by atomic mass is 32.1. The van der Waals surface area contributed by atoms with Crippen molar-refractivity contribution >= 4 is 28.2 Å². The van der Waals surface area contributed by atoms with E-state index in [2.05, 4.69) is 5.32 Å². The Labute approximate surface area is 116 Å². The van der Waals surface area contributed by atoms with Gasteiger partial charge in [0.25, 0.3) is 0 Å². The van der Waals surface area contributed by atoms with Gasteiger partial charge in [0.1, 0.15) is 5.00 Å². The summed E-state index contributed by atoms with van der Waals surface area (Å²) in [5, 5.41) is 3.40. The number of aryl methyl sites for hydroxylation is 1. The summed E-state index contributed by atoms with van der Waals surface area (Å²) < 4.78 is 4.82. The van der Waals surface area contributed by atoms with Crippen LogP contribution in [0.4, 0.5) is 5.00 Å². The summed E-state index contributed by atoms with van der Waals surface area (Å²) in [7, 11) is 1.36. The lowest BCUT2D eigenvalue weighted by Crippen LogP contribution is -2.12. The van der Waals surface area contributed by atoms with Gasteiger partial charge in [-0.05, 0) is 38.7 Å². The highest BCUT2D eigenvalue weighted by molar-refractivity contribution is 7.17. The van der Waals surface area contributed by atoms with Gasteiger partial charge < -0.3 is 10.1 Å². The summed E-state index contributed by atoms with van der Waals surface area (Å²) in [6.45, 7) is 3.71. The van der Waals surface area contributed by atoms with Gasteiger partial charge in [-0.25, -0.2) is 4.79 Å². The number of thiophene rings is 1. The Bertz CT molecular complexity index is 553. The van der Waals surface area contributed by atoms with E-state index in [1.807, 2.05) is 13.8 Å². The van der Waals surface area contributed by atoms with Crippen LogP contribution in [0.15, 0.2) is 11.6 Å². The number of hydrogen-bond donors (Lipinski definition) is 1. The summed E-state index contributed by atoms with van der Waals surface area (Å²) >= 11 is 1.49. The number of fused-ring (bicyclic) bond motifs is 1. The molecule has 1 aliphatic carbocycles. The minimum atomic E-state index is -0.369. The molecule has 1 aromatic rings. The minimum Gasteiger partial charge on any atom is -0.465 e. The molecule has 5 heteroatoms. The second-order valence-electron chi connectivity index (χ2n) is 4.76. The van der Waals surface area contributed by atoms with Crippen LogP contribution in [0.2, 0.25) is 0 Å². The Balaban J connectivity index is 2.33. The lowest BCUT2D eigenvalue weighted by molar-refractivity contribution is -0.111. The molecule has 0 atom stereocenters. The molecule has 0 fully saturated rings. The van der Waals surface area contributed by atoms with Crippen LogP contribution in [-0.2, 0) is 22.4 Å². The lowest BCUT2D eigenvalue weighted by Gasteiger charge is -2.05. The zero-order chi connectivity index (χ0) is 14.0. The number of anilines is 1. The van der Waals surface area contributed by atoms with Crippen LogP contribution in [0.3, 0.4) is 0 Å². The maximum atomic E-state index is 11.9. The van der Waals surface area contributed by atoms with Crippen molar-refractivity contribution in [1.29, 1.82) is 0 Å². The number of carbonyl (C=O) groups is 2.